The van der Waals surface area contributed by atoms with Crippen LogP contribution < -0.4 is 5.32 Å². The molecule has 1 N–H and O–H groups in total. The molecule has 9 nitrogen and oxygen atoms in total. The lowest BCUT2D eigenvalue weighted by atomic mass is 10.1. The highest BCUT2D eigenvalue weighted by Crippen LogP contribution is 2.23. The Morgan fingerprint density at radius 3 is 2.81 bits per heavy atom. The van der Waals surface area contributed by atoms with Gasteiger partial charge in [-0.1, -0.05) is 6.07 Å². The molecule has 0 saturated carbocycles. The van der Waals surface area contributed by atoms with Gasteiger partial charge in [-0.3, -0.25) is 14.9 Å². The zero-order valence-electron chi connectivity index (χ0n) is 14.7. The SMILES string of the molecule is Cc1ccc([N+](=O)[O-])cc1NC(=O)CCN1CCC(n2cncn2)CC1. The quantitative estimate of drug-likeness (QED) is 0.626. The van der Waals surface area contributed by atoms with E-state index in [1.54, 1.807) is 18.7 Å². The van der Waals surface area contributed by atoms with Gasteiger partial charge >= 0.3 is 0 Å². The fourth-order valence-electron chi connectivity index (χ4n) is 3.14. The summed E-state index contributed by atoms with van der Waals surface area (Å²) >= 11 is 0. The molecule has 2 aromatic rings. The zero-order chi connectivity index (χ0) is 18.5. The summed E-state index contributed by atoms with van der Waals surface area (Å²) in [5.74, 6) is -0.132. The van der Waals surface area contributed by atoms with Crippen molar-refractivity contribution in [3.63, 3.8) is 0 Å². The average Bonchev–Trinajstić information content (AvgIpc) is 3.17. The number of amides is 1. The minimum absolute atomic E-state index is 0.0268. The predicted octanol–water partition coefficient (Wildman–Crippen LogP) is 2.16. The Hall–Kier alpha value is -2.81. The Morgan fingerprint density at radius 1 is 1.38 bits per heavy atom. The largest absolute Gasteiger partial charge is 0.326 e. The van der Waals surface area contributed by atoms with Gasteiger partial charge in [-0.15, -0.1) is 0 Å². The van der Waals surface area contributed by atoms with Crippen molar-refractivity contribution < 1.29 is 9.72 Å². The Labute approximate surface area is 151 Å². The zero-order valence-corrected chi connectivity index (χ0v) is 14.7. The fourth-order valence-corrected chi connectivity index (χ4v) is 3.14. The third-order valence-corrected chi connectivity index (χ3v) is 4.73. The molecule has 1 aromatic carbocycles. The van der Waals surface area contributed by atoms with Crippen molar-refractivity contribution in [1.29, 1.82) is 0 Å². The Morgan fingerprint density at radius 2 is 2.15 bits per heavy atom. The van der Waals surface area contributed by atoms with Gasteiger partial charge in [-0.2, -0.15) is 5.10 Å². The van der Waals surface area contributed by atoms with Gasteiger partial charge in [0.25, 0.3) is 5.69 Å². The molecule has 0 spiro atoms. The number of hydrogen-bond donors (Lipinski definition) is 1. The van der Waals surface area contributed by atoms with E-state index in [-0.39, 0.29) is 11.6 Å². The first kappa shape index (κ1) is 18.0. The van der Waals surface area contributed by atoms with Crippen molar-refractivity contribution in [3.8, 4) is 0 Å². The first-order valence-electron chi connectivity index (χ1n) is 8.64. The standard InChI is InChI=1S/C17H22N6O3/c1-13-2-3-15(23(25)26)10-16(13)20-17(24)6-9-21-7-4-14(5-8-21)22-12-18-11-19-22/h2-3,10-12,14H,4-9H2,1H3,(H,20,24). The van der Waals surface area contributed by atoms with Crippen LogP contribution in [0.4, 0.5) is 11.4 Å². The first-order valence-corrected chi connectivity index (χ1v) is 8.64. The fraction of sp³-hybridized carbons (Fsp3) is 0.471. The summed E-state index contributed by atoms with van der Waals surface area (Å²) in [6.45, 7) is 4.30. The summed E-state index contributed by atoms with van der Waals surface area (Å²) in [6, 6.07) is 4.85. The van der Waals surface area contributed by atoms with Crippen molar-refractivity contribution in [1.82, 2.24) is 19.7 Å². The Kier molecular flexibility index (Phi) is 5.57. The number of nitrogens with zero attached hydrogens (tertiary/aromatic N) is 5. The van der Waals surface area contributed by atoms with Crippen LogP contribution in [-0.4, -0.2) is 50.1 Å². The number of rotatable bonds is 6. The van der Waals surface area contributed by atoms with Gasteiger partial charge in [0.15, 0.2) is 0 Å². The van der Waals surface area contributed by atoms with Crippen LogP contribution in [0.3, 0.4) is 0 Å². The second-order valence-electron chi connectivity index (χ2n) is 6.50. The van der Waals surface area contributed by atoms with Gasteiger partial charge in [-0.05, 0) is 25.3 Å². The van der Waals surface area contributed by atoms with E-state index in [0.717, 1.165) is 31.5 Å². The molecule has 26 heavy (non-hydrogen) atoms. The van der Waals surface area contributed by atoms with E-state index < -0.39 is 4.92 Å². The summed E-state index contributed by atoms with van der Waals surface area (Å²) in [7, 11) is 0. The number of nitro benzene ring substituents is 1. The maximum absolute atomic E-state index is 12.2. The van der Waals surface area contributed by atoms with Crippen LogP contribution in [0.5, 0.6) is 0 Å². The smallest absolute Gasteiger partial charge is 0.271 e. The van der Waals surface area contributed by atoms with E-state index in [9.17, 15) is 14.9 Å². The van der Waals surface area contributed by atoms with Crippen LogP contribution in [0.25, 0.3) is 0 Å². The van der Waals surface area contributed by atoms with Crippen molar-refractivity contribution >= 4 is 17.3 Å². The van der Waals surface area contributed by atoms with Gasteiger partial charge in [0.2, 0.25) is 5.91 Å². The molecule has 1 amide bonds. The molecular weight excluding hydrogens is 336 g/mol. The molecule has 9 heteroatoms. The van der Waals surface area contributed by atoms with Gasteiger partial charge in [-0.25, -0.2) is 9.67 Å². The number of carbonyl (C=O) groups is 1. The maximum atomic E-state index is 12.2. The van der Waals surface area contributed by atoms with Crippen LogP contribution in [0.1, 0.15) is 30.9 Å². The lowest BCUT2D eigenvalue weighted by Crippen LogP contribution is -2.36. The second kappa shape index (κ2) is 8.05. The molecule has 0 bridgehead atoms. The number of hydrogen-bond acceptors (Lipinski definition) is 6. The second-order valence-corrected chi connectivity index (χ2v) is 6.50. The van der Waals surface area contributed by atoms with Crippen LogP contribution in [0, 0.1) is 17.0 Å². The molecule has 0 unspecified atom stereocenters. The molecule has 1 saturated heterocycles. The predicted molar refractivity (Wildman–Crippen MR) is 95.8 cm³/mol. The van der Waals surface area contributed by atoms with Crippen LogP contribution in [0.15, 0.2) is 30.9 Å². The lowest BCUT2D eigenvalue weighted by molar-refractivity contribution is -0.384. The van der Waals surface area contributed by atoms with Crippen molar-refractivity contribution in [3.05, 3.63) is 46.5 Å². The van der Waals surface area contributed by atoms with E-state index >= 15 is 0 Å². The molecular formula is C17H22N6O3. The molecule has 1 aliphatic heterocycles. The van der Waals surface area contributed by atoms with Crippen molar-refractivity contribution in [2.24, 2.45) is 0 Å². The minimum atomic E-state index is -0.464. The van der Waals surface area contributed by atoms with Crippen LogP contribution >= 0.6 is 0 Å². The van der Waals surface area contributed by atoms with Gasteiger partial charge < -0.3 is 10.2 Å². The third kappa shape index (κ3) is 4.42. The average molecular weight is 358 g/mol. The molecule has 0 radical (unpaired) electrons. The molecule has 1 fully saturated rings. The number of aromatic nitrogens is 3. The highest BCUT2D eigenvalue weighted by Gasteiger charge is 2.21. The van der Waals surface area contributed by atoms with Crippen molar-refractivity contribution in [2.45, 2.75) is 32.2 Å². The number of aryl methyl sites for hydroxylation is 1. The molecule has 2 heterocycles. The van der Waals surface area contributed by atoms with Gasteiger partial charge in [0.1, 0.15) is 12.7 Å². The topological polar surface area (TPSA) is 106 Å². The summed E-state index contributed by atoms with van der Waals surface area (Å²) in [4.78, 5) is 28.9. The number of benzene rings is 1. The number of likely N-dealkylation sites (tertiary alicyclic amines) is 1. The normalized spacial score (nSPS) is 15.7. The lowest BCUT2D eigenvalue weighted by Gasteiger charge is -2.31. The van der Waals surface area contributed by atoms with E-state index in [1.165, 1.54) is 12.1 Å². The van der Waals surface area contributed by atoms with Gasteiger partial charge in [0, 0.05) is 38.2 Å². The molecule has 138 valence electrons. The molecule has 3 rings (SSSR count). The number of nitro groups is 1. The van der Waals surface area contributed by atoms with Gasteiger partial charge in [0.05, 0.1) is 16.7 Å². The molecule has 1 aromatic heterocycles. The Bertz CT molecular complexity index is 769. The van der Waals surface area contributed by atoms with E-state index in [4.69, 9.17) is 0 Å². The van der Waals surface area contributed by atoms with Crippen molar-refractivity contribution in [2.75, 3.05) is 25.0 Å². The van der Waals surface area contributed by atoms with E-state index in [1.807, 2.05) is 11.6 Å². The Balaban J connectivity index is 1.46. The summed E-state index contributed by atoms with van der Waals surface area (Å²) in [6.07, 6.45) is 5.61. The highest BCUT2D eigenvalue weighted by molar-refractivity contribution is 5.92. The number of anilines is 1. The van der Waals surface area contributed by atoms with Crippen LogP contribution in [0.2, 0.25) is 0 Å². The maximum Gasteiger partial charge on any atom is 0.271 e. The molecule has 0 aliphatic carbocycles. The summed E-state index contributed by atoms with van der Waals surface area (Å²) < 4.78 is 1.90. The summed E-state index contributed by atoms with van der Waals surface area (Å²) in [5.41, 5.74) is 1.27. The van der Waals surface area contributed by atoms with E-state index in [0.29, 0.717) is 24.7 Å². The van der Waals surface area contributed by atoms with Crippen LogP contribution in [-0.2, 0) is 4.79 Å². The molecule has 0 atom stereocenters. The summed E-state index contributed by atoms with van der Waals surface area (Å²) in [5, 5.41) is 17.8. The number of nitrogens with one attached hydrogen (secondary N) is 1. The molecule has 1 aliphatic rings. The first-order chi connectivity index (χ1) is 12.5. The third-order valence-electron chi connectivity index (χ3n) is 4.73. The monoisotopic (exact) mass is 358 g/mol. The number of non-ortho nitro benzene ring substituents is 1. The highest BCUT2D eigenvalue weighted by atomic mass is 16.6. The van der Waals surface area contributed by atoms with E-state index in [2.05, 4.69) is 20.3 Å². The minimum Gasteiger partial charge on any atom is -0.326 e. The number of piperidine rings is 1. The number of carbonyl (C=O) groups excluding carboxylic acids is 1.